The summed E-state index contributed by atoms with van der Waals surface area (Å²) in [5.41, 5.74) is 5.10. The normalized spacial score (nSPS) is 10.6. The first kappa shape index (κ1) is 28.8. The van der Waals surface area contributed by atoms with Gasteiger partial charge in [-0.1, -0.05) is 77.4 Å². The number of hydrogen-bond donors (Lipinski definition) is 3. The van der Waals surface area contributed by atoms with Crippen LogP contribution >= 0.6 is 0 Å². The van der Waals surface area contributed by atoms with Gasteiger partial charge in [-0.2, -0.15) is 0 Å². The molecule has 0 saturated carbocycles. The second-order valence-corrected chi connectivity index (χ2v) is 7.37. The van der Waals surface area contributed by atoms with Gasteiger partial charge in [-0.25, -0.2) is 0 Å². The standard InChI is InChI=1S/C18H35NO.C5H11NO2/c1-2-3-4-5-6-7-8-9-10-11-12-13-14-15-16-17-18(19)20;1-2-3-6-4-5(7)8/h9-10H,2-8,11-17H2,1H3,(H2,19,20);6H,2-4H2,1H3,(H,7,8)/b10-9-;. The maximum Gasteiger partial charge on any atom is 0.317 e. The van der Waals surface area contributed by atoms with Gasteiger partial charge < -0.3 is 16.2 Å². The van der Waals surface area contributed by atoms with Gasteiger partial charge in [0.2, 0.25) is 5.91 Å². The third kappa shape index (κ3) is 32.3. The van der Waals surface area contributed by atoms with Crippen molar-refractivity contribution in [3.05, 3.63) is 12.2 Å². The second kappa shape index (κ2) is 25.6. The number of unbranched alkanes of at least 4 members (excludes halogenated alkanes) is 11. The summed E-state index contributed by atoms with van der Waals surface area (Å²) in [5.74, 6) is -0.957. The fourth-order valence-corrected chi connectivity index (χ4v) is 2.74. The van der Waals surface area contributed by atoms with E-state index in [2.05, 4.69) is 24.4 Å². The molecule has 0 heterocycles. The zero-order chi connectivity index (χ0) is 21.3. The molecule has 0 atom stereocenters. The van der Waals surface area contributed by atoms with Gasteiger partial charge in [-0.05, 0) is 45.1 Å². The molecule has 0 rings (SSSR count). The number of hydrogen-bond acceptors (Lipinski definition) is 3. The van der Waals surface area contributed by atoms with Gasteiger partial charge >= 0.3 is 5.97 Å². The van der Waals surface area contributed by atoms with Crippen molar-refractivity contribution in [2.24, 2.45) is 5.73 Å². The summed E-state index contributed by atoms with van der Waals surface area (Å²) < 4.78 is 0. The van der Waals surface area contributed by atoms with Crippen molar-refractivity contribution in [1.82, 2.24) is 5.32 Å². The lowest BCUT2D eigenvalue weighted by molar-refractivity contribution is -0.136. The van der Waals surface area contributed by atoms with E-state index < -0.39 is 5.97 Å². The average molecular weight is 399 g/mol. The summed E-state index contributed by atoms with van der Waals surface area (Å²) in [6.07, 6.45) is 22.9. The Bertz CT molecular complexity index is 371. The number of aliphatic carboxylic acids is 1. The number of allylic oxidation sites excluding steroid dienone is 2. The zero-order valence-corrected chi connectivity index (χ0v) is 18.5. The number of rotatable bonds is 19. The Morgan fingerprint density at radius 2 is 1.29 bits per heavy atom. The predicted octanol–water partition coefficient (Wildman–Crippen LogP) is 5.58. The molecule has 4 N–H and O–H groups in total. The van der Waals surface area contributed by atoms with Gasteiger partial charge in [-0.15, -0.1) is 0 Å². The van der Waals surface area contributed by atoms with Crippen LogP contribution in [-0.4, -0.2) is 30.1 Å². The molecule has 0 aromatic rings. The smallest absolute Gasteiger partial charge is 0.317 e. The van der Waals surface area contributed by atoms with Gasteiger partial charge in [0.1, 0.15) is 0 Å². The molecule has 0 aromatic carbocycles. The molecule has 0 aliphatic heterocycles. The van der Waals surface area contributed by atoms with Crippen molar-refractivity contribution >= 4 is 11.9 Å². The number of amides is 1. The third-order valence-corrected chi connectivity index (χ3v) is 4.39. The van der Waals surface area contributed by atoms with Crippen LogP contribution in [-0.2, 0) is 9.59 Å². The first-order valence-corrected chi connectivity index (χ1v) is 11.4. The van der Waals surface area contributed by atoms with Crippen molar-refractivity contribution in [3.63, 3.8) is 0 Å². The minimum Gasteiger partial charge on any atom is -0.480 e. The maximum absolute atomic E-state index is 10.5. The lowest BCUT2D eigenvalue weighted by atomic mass is 10.1. The van der Waals surface area contributed by atoms with E-state index in [1.807, 2.05) is 6.92 Å². The Kier molecular flexibility index (Phi) is 26.4. The number of nitrogens with two attached hydrogens (primary N) is 1. The molecule has 5 heteroatoms. The van der Waals surface area contributed by atoms with Crippen LogP contribution in [0, 0.1) is 0 Å². The van der Waals surface area contributed by atoms with Crippen molar-refractivity contribution in [3.8, 4) is 0 Å². The van der Waals surface area contributed by atoms with Crippen LogP contribution in [0.5, 0.6) is 0 Å². The van der Waals surface area contributed by atoms with Crippen LogP contribution < -0.4 is 11.1 Å². The SMILES string of the molecule is CCCCCCCC/C=C\CCCCCCCC(N)=O.CCCNCC(=O)O. The molecule has 0 radical (unpaired) electrons. The number of nitrogens with one attached hydrogen (secondary N) is 1. The maximum atomic E-state index is 10.5. The molecule has 0 fully saturated rings. The van der Waals surface area contributed by atoms with E-state index in [0.29, 0.717) is 6.42 Å². The van der Waals surface area contributed by atoms with Gasteiger partial charge in [0.25, 0.3) is 0 Å². The fourth-order valence-electron chi connectivity index (χ4n) is 2.74. The van der Waals surface area contributed by atoms with E-state index in [1.54, 1.807) is 0 Å². The predicted molar refractivity (Wildman–Crippen MR) is 119 cm³/mol. The lowest BCUT2D eigenvalue weighted by Crippen LogP contribution is -2.22. The van der Waals surface area contributed by atoms with Crippen LogP contribution in [0.1, 0.15) is 110 Å². The average Bonchev–Trinajstić information content (AvgIpc) is 2.65. The van der Waals surface area contributed by atoms with Crippen molar-refractivity contribution < 1.29 is 14.7 Å². The van der Waals surface area contributed by atoms with Crippen LogP contribution in [0.4, 0.5) is 0 Å². The molecule has 5 nitrogen and oxygen atoms in total. The molecule has 0 aliphatic rings. The highest BCUT2D eigenvalue weighted by Gasteiger charge is 1.94. The van der Waals surface area contributed by atoms with Gasteiger partial charge in [-0.3, -0.25) is 9.59 Å². The van der Waals surface area contributed by atoms with Gasteiger partial charge in [0.15, 0.2) is 0 Å². The molecule has 0 aromatic heterocycles. The van der Waals surface area contributed by atoms with E-state index in [1.165, 1.54) is 70.6 Å². The molecular weight excluding hydrogens is 352 g/mol. The van der Waals surface area contributed by atoms with Crippen LogP contribution in [0.2, 0.25) is 0 Å². The quantitative estimate of drug-likeness (QED) is 0.196. The third-order valence-electron chi connectivity index (χ3n) is 4.39. The van der Waals surface area contributed by atoms with E-state index in [9.17, 15) is 9.59 Å². The highest BCUT2D eigenvalue weighted by molar-refractivity contribution is 5.73. The molecule has 1 amide bonds. The molecule has 0 spiro atoms. The Balaban J connectivity index is 0. The molecule has 166 valence electrons. The first-order valence-electron chi connectivity index (χ1n) is 11.4. The Hall–Kier alpha value is -1.36. The molecular formula is C23H46N2O3. The molecule has 28 heavy (non-hydrogen) atoms. The minimum atomic E-state index is -0.793. The van der Waals surface area contributed by atoms with Crippen molar-refractivity contribution in [2.45, 2.75) is 110 Å². The molecule has 0 bridgehead atoms. The molecule has 0 unspecified atom stereocenters. The summed E-state index contributed by atoms with van der Waals surface area (Å²) in [5, 5.41) is 10.8. The largest absolute Gasteiger partial charge is 0.480 e. The number of primary amides is 1. The van der Waals surface area contributed by atoms with Crippen molar-refractivity contribution in [2.75, 3.05) is 13.1 Å². The Morgan fingerprint density at radius 1 is 0.786 bits per heavy atom. The summed E-state index contributed by atoms with van der Waals surface area (Å²) in [6, 6.07) is 0. The van der Waals surface area contributed by atoms with E-state index in [4.69, 9.17) is 10.8 Å². The minimum absolute atomic E-state index is 0.0772. The second-order valence-electron chi connectivity index (χ2n) is 7.37. The number of carbonyl (C=O) groups is 2. The lowest BCUT2D eigenvalue weighted by Gasteiger charge is -1.99. The summed E-state index contributed by atoms with van der Waals surface area (Å²) in [4.78, 5) is 20.4. The van der Waals surface area contributed by atoms with Gasteiger partial charge in [0, 0.05) is 6.42 Å². The van der Waals surface area contributed by atoms with Crippen LogP contribution in [0.15, 0.2) is 12.2 Å². The first-order chi connectivity index (χ1) is 13.5. The van der Waals surface area contributed by atoms with Crippen LogP contribution in [0.3, 0.4) is 0 Å². The zero-order valence-electron chi connectivity index (χ0n) is 18.5. The fraction of sp³-hybridized carbons (Fsp3) is 0.826. The summed E-state index contributed by atoms with van der Waals surface area (Å²) in [7, 11) is 0. The topological polar surface area (TPSA) is 92.4 Å². The van der Waals surface area contributed by atoms with E-state index in [0.717, 1.165) is 25.8 Å². The molecule has 0 saturated heterocycles. The summed E-state index contributed by atoms with van der Waals surface area (Å²) in [6.45, 7) is 5.12. The Morgan fingerprint density at radius 3 is 1.75 bits per heavy atom. The highest BCUT2D eigenvalue weighted by atomic mass is 16.4. The highest BCUT2D eigenvalue weighted by Crippen LogP contribution is 2.09. The van der Waals surface area contributed by atoms with Gasteiger partial charge in [0.05, 0.1) is 6.54 Å². The van der Waals surface area contributed by atoms with E-state index in [-0.39, 0.29) is 12.5 Å². The van der Waals surface area contributed by atoms with Crippen molar-refractivity contribution in [1.29, 1.82) is 0 Å². The number of carboxylic acid groups (broad SMARTS) is 1. The number of carboxylic acids is 1. The monoisotopic (exact) mass is 398 g/mol. The van der Waals surface area contributed by atoms with E-state index >= 15 is 0 Å². The molecule has 0 aliphatic carbocycles. The Labute approximate surface area is 173 Å². The number of carbonyl (C=O) groups excluding carboxylic acids is 1. The van der Waals surface area contributed by atoms with Crippen LogP contribution in [0.25, 0.3) is 0 Å². The summed E-state index contributed by atoms with van der Waals surface area (Å²) >= 11 is 0.